The number of hydrogen-bond acceptors (Lipinski definition) is 5. The molecule has 9 nitrogen and oxygen atoms in total. The molecule has 0 aromatic rings. The van der Waals surface area contributed by atoms with Crippen molar-refractivity contribution < 1.29 is 17.9 Å². The summed E-state index contributed by atoms with van der Waals surface area (Å²) in [7, 11) is 0.175. The molecule has 1 amide bonds. The Morgan fingerprint density at radius 2 is 2.04 bits per heavy atom. The number of rotatable bonds is 6. The number of nitrogens with zero attached hydrogens (tertiary/aromatic N) is 3. The van der Waals surface area contributed by atoms with Crippen molar-refractivity contribution in [2.75, 3.05) is 66.3 Å². The monoisotopic (exact) mass is 503 g/mol. The Balaban J connectivity index is 0.00000338. The lowest BCUT2D eigenvalue weighted by molar-refractivity contribution is -0.127. The van der Waals surface area contributed by atoms with Crippen LogP contribution in [0, 0.1) is 5.41 Å². The predicted octanol–water partition coefficient (Wildman–Crippen LogP) is -0.700. The van der Waals surface area contributed by atoms with Crippen molar-refractivity contribution in [3.63, 3.8) is 0 Å². The van der Waals surface area contributed by atoms with E-state index < -0.39 is 10.0 Å². The number of carbonyl (C=O) groups excluding carboxylic acids is 1. The van der Waals surface area contributed by atoms with Gasteiger partial charge in [0.2, 0.25) is 15.9 Å². The molecule has 11 heteroatoms. The summed E-state index contributed by atoms with van der Waals surface area (Å²) in [4.78, 5) is 19.9. The van der Waals surface area contributed by atoms with Gasteiger partial charge in [-0.25, -0.2) is 18.1 Å². The van der Waals surface area contributed by atoms with Crippen LogP contribution in [0.1, 0.15) is 12.8 Å². The molecule has 152 valence electrons. The quantitative estimate of drug-likeness (QED) is 0.215. The number of guanidine groups is 1. The van der Waals surface area contributed by atoms with Gasteiger partial charge in [0.05, 0.1) is 12.9 Å². The molecule has 2 rings (SSSR count). The normalized spacial score (nSPS) is 23.2. The Kier molecular flexibility index (Phi) is 9.03. The van der Waals surface area contributed by atoms with Crippen molar-refractivity contribution in [2.45, 2.75) is 12.8 Å². The summed E-state index contributed by atoms with van der Waals surface area (Å²) >= 11 is 0. The number of ether oxygens (including phenoxy) is 1. The first-order valence-corrected chi connectivity index (χ1v) is 10.4. The van der Waals surface area contributed by atoms with E-state index in [-0.39, 0.29) is 48.4 Å². The Hall–Kier alpha value is -0.660. The van der Waals surface area contributed by atoms with Crippen molar-refractivity contribution in [3.8, 4) is 0 Å². The highest BCUT2D eigenvalue weighted by molar-refractivity contribution is 14.0. The zero-order valence-corrected chi connectivity index (χ0v) is 18.8. The maximum atomic E-state index is 11.8. The third-order valence-corrected chi connectivity index (χ3v) is 5.29. The lowest BCUT2D eigenvalue weighted by atomic mass is 9.87. The average molecular weight is 503 g/mol. The summed E-state index contributed by atoms with van der Waals surface area (Å²) in [6, 6.07) is 0. The predicted molar refractivity (Wildman–Crippen MR) is 111 cm³/mol. The zero-order chi connectivity index (χ0) is 18.5. The van der Waals surface area contributed by atoms with Crippen molar-refractivity contribution in [3.05, 3.63) is 0 Å². The molecule has 26 heavy (non-hydrogen) atoms. The van der Waals surface area contributed by atoms with Gasteiger partial charge in [0, 0.05) is 52.3 Å². The summed E-state index contributed by atoms with van der Waals surface area (Å²) in [5, 5.41) is 3.17. The largest absolute Gasteiger partial charge is 0.381 e. The first-order valence-electron chi connectivity index (χ1n) is 8.47. The van der Waals surface area contributed by atoms with E-state index in [1.165, 1.54) is 4.90 Å². The summed E-state index contributed by atoms with van der Waals surface area (Å²) in [6.45, 7) is 3.99. The first-order chi connectivity index (χ1) is 11.7. The number of likely N-dealkylation sites (tertiary alicyclic amines) is 1. The van der Waals surface area contributed by atoms with Gasteiger partial charge in [0.1, 0.15) is 6.54 Å². The van der Waals surface area contributed by atoms with Gasteiger partial charge in [-0.05, 0) is 12.8 Å². The molecular formula is C15H30IN5O4S. The summed E-state index contributed by atoms with van der Waals surface area (Å²) in [5.74, 6) is 0.570. The van der Waals surface area contributed by atoms with Gasteiger partial charge in [0.25, 0.3) is 0 Å². The molecule has 1 atom stereocenters. The van der Waals surface area contributed by atoms with Gasteiger partial charge in [-0.1, -0.05) is 0 Å². The van der Waals surface area contributed by atoms with Gasteiger partial charge in [-0.15, -0.1) is 24.0 Å². The minimum Gasteiger partial charge on any atom is -0.381 e. The van der Waals surface area contributed by atoms with Crippen LogP contribution in [-0.4, -0.2) is 96.4 Å². The topological polar surface area (TPSA) is 103 Å². The Labute approximate surface area is 173 Å². The lowest BCUT2D eigenvalue weighted by Gasteiger charge is -2.25. The van der Waals surface area contributed by atoms with E-state index in [9.17, 15) is 13.2 Å². The number of nitrogens with one attached hydrogen (secondary N) is 2. The summed E-state index contributed by atoms with van der Waals surface area (Å²) < 4.78 is 30.3. The average Bonchev–Trinajstić information content (AvgIpc) is 3.15. The van der Waals surface area contributed by atoms with E-state index in [1.807, 2.05) is 0 Å². The van der Waals surface area contributed by atoms with Crippen molar-refractivity contribution >= 4 is 45.9 Å². The molecule has 1 unspecified atom stereocenters. The Morgan fingerprint density at radius 1 is 1.31 bits per heavy atom. The first kappa shape index (κ1) is 23.4. The Morgan fingerprint density at radius 3 is 2.62 bits per heavy atom. The van der Waals surface area contributed by atoms with Gasteiger partial charge in [-0.2, -0.15) is 0 Å². The van der Waals surface area contributed by atoms with Gasteiger partial charge in [-0.3, -0.25) is 4.79 Å². The van der Waals surface area contributed by atoms with Crippen LogP contribution < -0.4 is 10.0 Å². The van der Waals surface area contributed by atoms with Gasteiger partial charge >= 0.3 is 0 Å². The third-order valence-electron chi connectivity index (χ3n) is 4.56. The van der Waals surface area contributed by atoms with E-state index in [0.29, 0.717) is 12.5 Å². The summed E-state index contributed by atoms with van der Waals surface area (Å²) in [5.41, 5.74) is 0.180. The van der Waals surface area contributed by atoms with Crippen LogP contribution >= 0.6 is 24.0 Å². The molecule has 0 aliphatic carbocycles. The molecule has 0 aromatic carbocycles. The van der Waals surface area contributed by atoms with Crippen molar-refractivity contribution in [1.82, 2.24) is 19.8 Å². The van der Waals surface area contributed by atoms with E-state index in [4.69, 9.17) is 4.74 Å². The minimum atomic E-state index is -3.22. The molecule has 2 N–H and O–H groups in total. The lowest BCUT2D eigenvalue weighted by Crippen LogP contribution is -2.44. The van der Waals surface area contributed by atoms with E-state index in [2.05, 4.69) is 19.9 Å². The molecule has 0 saturated carbocycles. The van der Waals surface area contributed by atoms with Crippen LogP contribution in [0.4, 0.5) is 0 Å². The van der Waals surface area contributed by atoms with Crippen LogP contribution in [0.15, 0.2) is 4.99 Å². The number of likely N-dealkylation sites (N-methyl/N-ethyl adjacent to an activating group) is 1. The molecule has 2 aliphatic heterocycles. The number of hydrogen-bond donors (Lipinski definition) is 2. The molecule has 0 aromatic heterocycles. The number of aliphatic imine (C=N–C) groups is 1. The highest BCUT2D eigenvalue weighted by Gasteiger charge is 2.42. The second-order valence-electron chi connectivity index (χ2n) is 7.00. The molecule has 2 saturated heterocycles. The van der Waals surface area contributed by atoms with Gasteiger partial charge in [0.15, 0.2) is 5.96 Å². The van der Waals surface area contributed by atoms with Crippen LogP contribution in [0.2, 0.25) is 0 Å². The molecule has 2 heterocycles. The van der Waals surface area contributed by atoms with Crippen LogP contribution in [-0.2, 0) is 19.6 Å². The number of sulfonamides is 1. The Bertz CT molecular complexity index is 605. The SMILES string of the molecule is CN(C)C(=O)CN=C(NCCNS(C)(=O)=O)N1CCC2(CCOC2)C1.I. The number of carbonyl (C=O) groups is 1. The molecule has 2 fully saturated rings. The molecular weight excluding hydrogens is 473 g/mol. The smallest absolute Gasteiger partial charge is 0.243 e. The number of amides is 1. The fraction of sp³-hybridized carbons (Fsp3) is 0.867. The van der Waals surface area contributed by atoms with E-state index >= 15 is 0 Å². The fourth-order valence-corrected chi connectivity index (χ4v) is 3.52. The van der Waals surface area contributed by atoms with Gasteiger partial charge < -0.3 is 19.9 Å². The van der Waals surface area contributed by atoms with Crippen LogP contribution in [0.3, 0.4) is 0 Å². The van der Waals surface area contributed by atoms with E-state index in [1.54, 1.807) is 14.1 Å². The summed E-state index contributed by atoms with van der Waals surface area (Å²) in [6.07, 6.45) is 3.21. The van der Waals surface area contributed by atoms with Crippen LogP contribution in [0.5, 0.6) is 0 Å². The third kappa shape index (κ3) is 7.16. The molecule has 2 aliphatic rings. The maximum absolute atomic E-state index is 11.8. The second-order valence-corrected chi connectivity index (χ2v) is 8.83. The highest BCUT2D eigenvalue weighted by Crippen LogP contribution is 2.38. The van der Waals surface area contributed by atoms with E-state index in [0.717, 1.165) is 45.4 Å². The second kappa shape index (κ2) is 10.0. The molecule has 1 spiro atoms. The zero-order valence-electron chi connectivity index (χ0n) is 15.7. The van der Waals surface area contributed by atoms with Crippen molar-refractivity contribution in [2.24, 2.45) is 10.4 Å². The minimum absolute atomic E-state index is 0. The number of halogens is 1. The maximum Gasteiger partial charge on any atom is 0.243 e. The molecule has 0 bridgehead atoms. The van der Waals surface area contributed by atoms with Crippen LogP contribution in [0.25, 0.3) is 0 Å². The fourth-order valence-electron chi connectivity index (χ4n) is 3.05. The standard InChI is InChI=1S/C15H29N5O4S.HI/c1-19(2)13(21)10-17-14(16-6-7-18-25(3,22)23)20-8-4-15(11-20)5-9-24-12-15;/h18H,4-12H2,1-3H3,(H,16,17);1H. The van der Waals surface area contributed by atoms with Crippen molar-refractivity contribution in [1.29, 1.82) is 0 Å². The highest BCUT2D eigenvalue weighted by atomic mass is 127. The molecule has 0 radical (unpaired) electrons.